The first-order valence-electron chi connectivity index (χ1n) is 12.7. The van der Waals surface area contributed by atoms with Crippen LogP contribution in [0.2, 0.25) is 0 Å². The minimum atomic E-state index is -0.0893. The molecule has 2 aromatic carbocycles. The maximum Gasteiger partial charge on any atom is 0.253 e. The number of para-hydroxylation sites is 1. The van der Waals surface area contributed by atoms with Crippen molar-refractivity contribution in [1.29, 1.82) is 0 Å². The molecular formula is C29H27N7O2. The topological polar surface area (TPSA) is 121 Å². The molecule has 9 heteroatoms. The number of ether oxygens (including phenoxy) is 1. The summed E-state index contributed by atoms with van der Waals surface area (Å²) in [6.07, 6.45) is 8.15. The van der Waals surface area contributed by atoms with Crippen LogP contribution in [0.5, 0.6) is 11.5 Å². The monoisotopic (exact) mass is 505 g/mol. The molecule has 0 bridgehead atoms. The van der Waals surface area contributed by atoms with E-state index in [1.807, 2.05) is 59.3 Å². The van der Waals surface area contributed by atoms with E-state index >= 15 is 0 Å². The van der Waals surface area contributed by atoms with Crippen molar-refractivity contribution in [3.63, 3.8) is 0 Å². The van der Waals surface area contributed by atoms with Gasteiger partial charge in [-0.25, -0.2) is 14.6 Å². The van der Waals surface area contributed by atoms with Crippen molar-refractivity contribution in [3.8, 4) is 22.8 Å². The second kappa shape index (κ2) is 10.3. The van der Waals surface area contributed by atoms with Gasteiger partial charge in [0.25, 0.3) is 5.91 Å². The number of anilines is 1. The van der Waals surface area contributed by atoms with Gasteiger partial charge in [0.15, 0.2) is 5.65 Å². The van der Waals surface area contributed by atoms with Crippen LogP contribution in [0.1, 0.15) is 42.1 Å². The molecule has 1 aliphatic carbocycles. The van der Waals surface area contributed by atoms with Crippen molar-refractivity contribution in [2.75, 3.05) is 5.73 Å². The Balaban J connectivity index is 1.21. The van der Waals surface area contributed by atoms with Crippen LogP contribution >= 0.6 is 0 Å². The highest BCUT2D eigenvalue weighted by Gasteiger charge is 2.28. The van der Waals surface area contributed by atoms with Gasteiger partial charge in [0.2, 0.25) is 0 Å². The number of fused-ring (bicyclic) bond motifs is 1. The second-order valence-electron chi connectivity index (χ2n) is 9.41. The Hall–Kier alpha value is -4.79. The molecule has 190 valence electrons. The number of rotatable bonds is 6. The van der Waals surface area contributed by atoms with Crippen LogP contribution < -0.4 is 15.8 Å². The fourth-order valence-electron chi connectivity index (χ4n) is 4.99. The molecule has 38 heavy (non-hydrogen) atoms. The third kappa shape index (κ3) is 4.78. The first-order valence-corrected chi connectivity index (χ1v) is 12.7. The van der Waals surface area contributed by atoms with Crippen LogP contribution in [0, 0.1) is 0 Å². The summed E-state index contributed by atoms with van der Waals surface area (Å²) in [5, 5.41) is 8.88. The van der Waals surface area contributed by atoms with Crippen molar-refractivity contribution in [2.24, 2.45) is 0 Å². The van der Waals surface area contributed by atoms with Crippen LogP contribution in [0.25, 0.3) is 22.3 Å². The Morgan fingerprint density at radius 3 is 2.42 bits per heavy atom. The quantitative estimate of drug-likeness (QED) is 0.326. The van der Waals surface area contributed by atoms with Gasteiger partial charge in [-0.3, -0.25) is 9.78 Å². The molecule has 1 saturated carbocycles. The lowest BCUT2D eigenvalue weighted by Gasteiger charge is -2.29. The van der Waals surface area contributed by atoms with Crippen molar-refractivity contribution in [3.05, 3.63) is 91.0 Å². The van der Waals surface area contributed by atoms with E-state index in [0.29, 0.717) is 11.4 Å². The summed E-state index contributed by atoms with van der Waals surface area (Å²) in [7, 11) is 0. The Kier molecular flexibility index (Phi) is 6.39. The molecule has 0 saturated heterocycles. The molecule has 9 nitrogen and oxygen atoms in total. The molecule has 0 spiro atoms. The van der Waals surface area contributed by atoms with Crippen LogP contribution in [0.4, 0.5) is 5.82 Å². The summed E-state index contributed by atoms with van der Waals surface area (Å²) in [5.74, 6) is 1.83. The lowest BCUT2D eigenvalue weighted by Crippen LogP contribution is -2.38. The van der Waals surface area contributed by atoms with Crippen molar-refractivity contribution < 1.29 is 9.53 Å². The normalized spacial score (nSPS) is 17.3. The number of amides is 1. The van der Waals surface area contributed by atoms with Gasteiger partial charge < -0.3 is 15.8 Å². The van der Waals surface area contributed by atoms with E-state index in [9.17, 15) is 4.79 Å². The lowest BCUT2D eigenvalue weighted by atomic mass is 9.91. The second-order valence-corrected chi connectivity index (χ2v) is 9.41. The SMILES string of the molecule is Nc1ncnc2c1c(-c1ccc(Oc3ccccc3)cc1)nn2[C@H]1CC[C@H](NC(=O)c2cccnc2)CC1. The maximum atomic E-state index is 12.6. The highest BCUT2D eigenvalue weighted by atomic mass is 16.5. The molecular weight excluding hydrogens is 478 g/mol. The van der Waals surface area contributed by atoms with E-state index in [2.05, 4.69) is 20.3 Å². The molecule has 1 amide bonds. The van der Waals surface area contributed by atoms with Crippen LogP contribution in [-0.4, -0.2) is 36.7 Å². The number of hydrogen-bond acceptors (Lipinski definition) is 7. The number of carbonyl (C=O) groups excluding carboxylic acids is 1. The number of nitrogens with zero attached hydrogens (tertiary/aromatic N) is 5. The molecule has 3 heterocycles. The number of nitrogen functional groups attached to an aromatic ring is 1. The zero-order chi connectivity index (χ0) is 25.9. The zero-order valence-electron chi connectivity index (χ0n) is 20.7. The minimum Gasteiger partial charge on any atom is -0.457 e. The fourth-order valence-corrected chi connectivity index (χ4v) is 4.99. The summed E-state index contributed by atoms with van der Waals surface area (Å²) >= 11 is 0. The molecule has 1 fully saturated rings. The third-order valence-corrected chi connectivity index (χ3v) is 6.93. The first-order chi connectivity index (χ1) is 18.7. The number of aromatic nitrogens is 5. The smallest absolute Gasteiger partial charge is 0.253 e. The van der Waals surface area contributed by atoms with Gasteiger partial charge in [-0.05, 0) is 74.2 Å². The summed E-state index contributed by atoms with van der Waals surface area (Å²) in [6.45, 7) is 0. The average Bonchev–Trinajstić information content (AvgIpc) is 3.36. The predicted molar refractivity (Wildman–Crippen MR) is 145 cm³/mol. The molecule has 1 aliphatic rings. The Labute approximate surface area is 219 Å². The van der Waals surface area contributed by atoms with Crippen LogP contribution in [-0.2, 0) is 0 Å². The highest BCUT2D eigenvalue weighted by Crippen LogP contribution is 2.36. The standard InChI is InChI=1S/C29H27N7O2/c30-27-25-26(19-8-14-24(15-9-19)38-23-6-2-1-3-7-23)35-36(28(25)33-18-32-27)22-12-10-21(11-13-22)34-29(37)20-5-4-16-31-17-20/h1-9,14-18,21-22H,10-13H2,(H,34,37)(H2,30,32,33)/t21-,22-. The zero-order valence-corrected chi connectivity index (χ0v) is 20.7. The Morgan fingerprint density at radius 1 is 0.921 bits per heavy atom. The number of pyridine rings is 1. The number of hydrogen-bond donors (Lipinski definition) is 2. The lowest BCUT2D eigenvalue weighted by molar-refractivity contribution is 0.0921. The molecule has 0 radical (unpaired) electrons. The van der Waals surface area contributed by atoms with Gasteiger partial charge in [0, 0.05) is 24.0 Å². The van der Waals surface area contributed by atoms with E-state index < -0.39 is 0 Å². The van der Waals surface area contributed by atoms with Gasteiger partial charge >= 0.3 is 0 Å². The molecule has 0 unspecified atom stereocenters. The largest absolute Gasteiger partial charge is 0.457 e. The van der Waals surface area contributed by atoms with Gasteiger partial charge in [-0.2, -0.15) is 5.10 Å². The van der Waals surface area contributed by atoms with Crippen molar-refractivity contribution in [2.45, 2.75) is 37.8 Å². The number of nitrogens with one attached hydrogen (secondary N) is 1. The highest BCUT2D eigenvalue weighted by molar-refractivity contribution is 5.98. The third-order valence-electron chi connectivity index (χ3n) is 6.93. The molecule has 0 aliphatic heterocycles. The minimum absolute atomic E-state index is 0.0893. The summed E-state index contributed by atoms with van der Waals surface area (Å²) in [5.41, 5.74) is 9.27. The average molecular weight is 506 g/mol. The molecule has 6 rings (SSSR count). The Morgan fingerprint density at radius 2 is 1.68 bits per heavy atom. The van der Waals surface area contributed by atoms with Gasteiger partial charge in [0.1, 0.15) is 29.3 Å². The van der Waals surface area contributed by atoms with Crippen LogP contribution in [0.15, 0.2) is 85.5 Å². The molecule has 3 N–H and O–H groups in total. The number of carbonyl (C=O) groups is 1. The van der Waals surface area contributed by atoms with Gasteiger partial charge in [0.05, 0.1) is 17.0 Å². The molecule has 0 atom stereocenters. The maximum absolute atomic E-state index is 12.6. The molecule has 5 aromatic rings. The summed E-state index contributed by atoms with van der Waals surface area (Å²) < 4.78 is 7.92. The van der Waals surface area contributed by atoms with E-state index in [0.717, 1.165) is 59.5 Å². The predicted octanol–water partition coefficient (Wildman–Crippen LogP) is 5.18. The molecule has 3 aromatic heterocycles. The van der Waals surface area contributed by atoms with E-state index in [1.165, 1.54) is 6.33 Å². The summed E-state index contributed by atoms with van der Waals surface area (Å²) in [4.78, 5) is 25.4. The van der Waals surface area contributed by atoms with E-state index in [1.54, 1.807) is 24.5 Å². The van der Waals surface area contributed by atoms with E-state index in [4.69, 9.17) is 15.6 Å². The van der Waals surface area contributed by atoms with Crippen LogP contribution in [0.3, 0.4) is 0 Å². The fraction of sp³-hybridized carbons (Fsp3) is 0.207. The number of nitrogens with two attached hydrogens (primary N) is 1. The van der Waals surface area contributed by atoms with Crippen molar-refractivity contribution in [1.82, 2.24) is 30.0 Å². The first kappa shape index (κ1) is 23.6. The number of benzene rings is 2. The Bertz CT molecular complexity index is 1550. The van der Waals surface area contributed by atoms with Crippen molar-refractivity contribution >= 4 is 22.8 Å². The summed E-state index contributed by atoms with van der Waals surface area (Å²) in [6, 6.07) is 21.2. The van der Waals surface area contributed by atoms with Gasteiger partial charge in [-0.15, -0.1) is 0 Å². The van der Waals surface area contributed by atoms with E-state index in [-0.39, 0.29) is 18.0 Å². The van der Waals surface area contributed by atoms with Gasteiger partial charge in [-0.1, -0.05) is 18.2 Å².